The van der Waals surface area contributed by atoms with Gasteiger partial charge in [0.25, 0.3) is 5.91 Å². The van der Waals surface area contributed by atoms with E-state index in [2.05, 4.69) is 85.2 Å². The number of nitrogens with zero attached hydrogens (tertiary/aromatic N) is 6. The second-order valence-corrected chi connectivity index (χ2v) is 15.9. The Balaban J connectivity index is 0.000000232. The van der Waals surface area contributed by atoms with Gasteiger partial charge >= 0.3 is 5.97 Å². The Morgan fingerprint density at radius 1 is 0.981 bits per heavy atom. The number of fused-ring (bicyclic) bond motifs is 1. The second-order valence-electron chi connectivity index (χ2n) is 12.9. The first-order valence-corrected chi connectivity index (χ1v) is 19.4. The average molecular weight is 790 g/mol. The smallest absolute Gasteiger partial charge is 0.327 e. The molecule has 2 saturated heterocycles. The molecule has 3 aromatic carbocycles. The maximum atomic E-state index is 13.3. The predicted molar refractivity (Wildman–Crippen MR) is 207 cm³/mol. The molecule has 5 aromatic rings. The molecule has 0 saturated carbocycles. The van der Waals surface area contributed by atoms with Gasteiger partial charge in [0.15, 0.2) is 0 Å². The number of hydrogen-bond donors (Lipinski definition) is 4. The van der Waals surface area contributed by atoms with Gasteiger partial charge in [0.1, 0.15) is 34.5 Å². The largest absolute Gasteiger partial charge is 0.480 e. The van der Waals surface area contributed by atoms with Gasteiger partial charge in [-0.3, -0.25) is 9.59 Å². The minimum absolute atomic E-state index is 0.167. The molecule has 54 heavy (non-hydrogen) atoms. The quantitative estimate of drug-likeness (QED) is 0.0707. The van der Waals surface area contributed by atoms with E-state index >= 15 is 0 Å². The molecule has 2 aromatic heterocycles. The molecule has 2 aliphatic rings. The zero-order valence-corrected chi connectivity index (χ0v) is 32.2. The van der Waals surface area contributed by atoms with Crippen LogP contribution in [0.25, 0.3) is 11.3 Å². The average Bonchev–Trinajstić information content (AvgIpc) is 3.85. The summed E-state index contributed by atoms with van der Waals surface area (Å²) in [5.41, 5.74) is 3.62. The van der Waals surface area contributed by atoms with Gasteiger partial charge in [-0.1, -0.05) is 107 Å². The number of aliphatic carboxylic acids is 1. The molecule has 2 aliphatic heterocycles. The number of carbonyl (C=O) groups is 3. The van der Waals surface area contributed by atoms with Crippen molar-refractivity contribution in [3.05, 3.63) is 112 Å². The SMILES string of the molecule is Cc1onc(-c2ccccc2Cl)c1C(=O)NC1C(=O)N2C(C(=O)O)C(C)(CSc3nnnn3C)S[C@H]12.c1ccc(CNCCNCc2ccccc2)cc1. The van der Waals surface area contributed by atoms with Crippen molar-refractivity contribution in [2.45, 2.75) is 54.3 Å². The Hall–Kier alpha value is -4.74. The minimum Gasteiger partial charge on any atom is -0.480 e. The lowest BCUT2D eigenvalue weighted by Crippen LogP contribution is -2.70. The van der Waals surface area contributed by atoms with E-state index in [1.165, 1.54) is 44.2 Å². The molecule has 4 atom stereocenters. The van der Waals surface area contributed by atoms with E-state index in [1.54, 1.807) is 45.2 Å². The van der Waals surface area contributed by atoms with E-state index in [4.69, 9.17) is 16.1 Å². The van der Waals surface area contributed by atoms with Crippen LogP contribution in [0.15, 0.2) is 94.6 Å². The van der Waals surface area contributed by atoms with Crippen molar-refractivity contribution < 1.29 is 24.0 Å². The van der Waals surface area contributed by atoms with Crippen molar-refractivity contribution in [2.75, 3.05) is 18.8 Å². The van der Waals surface area contributed by atoms with Crippen molar-refractivity contribution in [3.8, 4) is 11.3 Å². The number of halogens is 1. The van der Waals surface area contributed by atoms with Crippen LogP contribution in [-0.2, 0) is 29.7 Å². The summed E-state index contributed by atoms with van der Waals surface area (Å²) in [7, 11) is 1.69. The van der Waals surface area contributed by atoms with Crippen LogP contribution in [0.5, 0.6) is 0 Å². The Morgan fingerprint density at radius 3 is 2.17 bits per heavy atom. The summed E-state index contributed by atoms with van der Waals surface area (Å²) in [6, 6.07) is 25.9. The van der Waals surface area contributed by atoms with Crippen molar-refractivity contribution in [2.24, 2.45) is 7.05 Å². The number of carbonyl (C=O) groups excluding carboxylic acids is 2. The number of aryl methyl sites for hydroxylation is 2. The van der Waals surface area contributed by atoms with Crippen LogP contribution < -0.4 is 16.0 Å². The Bertz CT molecular complexity index is 2030. The van der Waals surface area contributed by atoms with Gasteiger partial charge in [-0.2, -0.15) is 0 Å². The molecule has 2 amide bonds. The van der Waals surface area contributed by atoms with E-state index in [-0.39, 0.29) is 17.0 Å². The van der Waals surface area contributed by atoms with Gasteiger partial charge in [-0.25, -0.2) is 9.48 Å². The fourth-order valence-corrected chi connectivity index (χ4v) is 9.34. The van der Waals surface area contributed by atoms with Gasteiger partial charge < -0.3 is 30.5 Å². The van der Waals surface area contributed by atoms with Gasteiger partial charge in [0, 0.05) is 44.5 Å². The molecule has 4 N–H and O–H groups in total. The molecule has 0 bridgehead atoms. The summed E-state index contributed by atoms with van der Waals surface area (Å²) >= 11 is 8.93. The van der Waals surface area contributed by atoms with Gasteiger partial charge in [-0.05, 0) is 41.5 Å². The summed E-state index contributed by atoms with van der Waals surface area (Å²) in [5.74, 6) is -1.52. The minimum atomic E-state index is -1.11. The molecule has 0 spiro atoms. The number of carboxylic acids is 1. The van der Waals surface area contributed by atoms with E-state index in [0.717, 1.165) is 26.2 Å². The summed E-state index contributed by atoms with van der Waals surface area (Å²) < 4.78 is 5.90. The lowest BCUT2D eigenvalue weighted by molar-refractivity contribution is -0.159. The van der Waals surface area contributed by atoms with Crippen molar-refractivity contribution in [1.82, 2.24) is 46.2 Å². The molecular weight excluding hydrogens is 750 g/mol. The Kier molecular flexibility index (Phi) is 12.7. The van der Waals surface area contributed by atoms with E-state index in [0.29, 0.717) is 21.5 Å². The number of amides is 2. The number of nitrogens with one attached hydrogen (secondary N) is 3. The standard InChI is InChI=1S/C21H20ClN7O5S2.C16H20N2/c1-9-12(13(25-34-9)10-6-4-5-7-11(10)22)16(30)23-14-17(31)29-15(19(32)33)21(2,36-18(14)29)8-35-20-24-26-27-28(20)3;1-3-7-15(8-4-1)13-17-11-12-18-14-16-9-5-2-6-10-16/h4-7,14-15,18H,8H2,1-3H3,(H,23,30)(H,32,33);1-10,17-18H,11-14H2/t14?,15?,18-,21?;/m1./s1. The number of β-lactam (4-membered cyclic amide) rings is 1. The molecule has 4 heterocycles. The fraction of sp³-hybridized carbons (Fsp3) is 0.324. The predicted octanol–water partition coefficient (Wildman–Crippen LogP) is 4.41. The van der Waals surface area contributed by atoms with Crippen molar-refractivity contribution >= 4 is 52.9 Å². The number of hydrogen-bond acceptors (Lipinski definition) is 12. The first kappa shape index (κ1) is 39.0. The monoisotopic (exact) mass is 789 g/mol. The van der Waals surface area contributed by atoms with Crippen LogP contribution in [0, 0.1) is 6.92 Å². The van der Waals surface area contributed by atoms with Gasteiger partial charge in [-0.15, -0.1) is 16.9 Å². The van der Waals surface area contributed by atoms with E-state index < -0.39 is 40.0 Å². The number of aromatic nitrogens is 5. The molecule has 282 valence electrons. The highest BCUT2D eigenvalue weighted by molar-refractivity contribution is 8.04. The van der Waals surface area contributed by atoms with Crippen LogP contribution in [0.1, 0.15) is 34.2 Å². The first-order chi connectivity index (χ1) is 26.1. The maximum absolute atomic E-state index is 13.3. The van der Waals surface area contributed by atoms with E-state index in [1.807, 2.05) is 12.1 Å². The molecular formula is C37H40ClN9O5S2. The highest BCUT2D eigenvalue weighted by Gasteiger charge is 2.65. The number of thioether (sulfide) groups is 2. The Morgan fingerprint density at radius 2 is 1.59 bits per heavy atom. The molecule has 2 fully saturated rings. The number of carboxylic acid groups (broad SMARTS) is 1. The molecule has 17 heteroatoms. The summed E-state index contributed by atoms with van der Waals surface area (Å²) in [5, 5.41) is 35.2. The molecule has 0 radical (unpaired) electrons. The van der Waals surface area contributed by atoms with Crippen LogP contribution in [0.2, 0.25) is 5.02 Å². The lowest BCUT2D eigenvalue weighted by atomic mass is 9.95. The maximum Gasteiger partial charge on any atom is 0.327 e. The molecule has 0 aliphatic carbocycles. The highest BCUT2D eigenvalue weighted by Crippen LogP contribution is 2.52. The van der Waals surface area contributed by atoms with E-state index in [9.17, 15) is 19.5 Å². The third kappa shape index (κ3) is 8.79. The summed E-state index contributed by atoms with van der Waals surface area (Å²) in [6.45, 7) is 7.24. The van der Waals surface area contributed by atoms with Gasteiger partial charge in [0.2, 0.25) is 11.1 Å². The zero-order chi connectivity index (χ0) is 38.2. The topological polar surface area (TPSA) is 180 Å². The normalized spacial score (nSPS) is 20.1. The number of benzene rings is 3. The van der Waals surface area contributed by atoms with Crippen LogP contribution in [0.3, 0.4) is 0 Å². The third-order valence-corrected chi connectivity index (χ3v) is 12.5. The van der Waals surface area contributed by atoms with Crippen LogP contribution >= 0.6 is 35.1 Å². The molecule has 3 unspecified atom stereocenters. The zero-order valence-electron chi connectivity index (χ0n) is 29.8. The van der Waals surface area contributed by atoms with Gasteiger partial charge in [0.05, 0.1) is 9.77 Å². The van der Waals surface area contributed by atoms with Crippen LogP contribution in [-0.4, -0.2) is 94.2 Å². The number of rotatable bonds is 14. The van der Waals surface area contributed by atoms with Crippen LogP contribution in [0.4, 0.5) is 0 Å². The summed E-state index contributed by atoms with van der Waals surface area (Å²) in [6.07, 6.45) is 0. The summed E-state index contributed by atoms with van der Waals surface area (Å²) in [4.78, 5) is 39.9. The highest BCUT2D eigenvalue weighted by atomic mass is 35.5. The molecule has 14 nitrogen and oxygen atoms in total. The van der Waals surface area contributed by atoms with Crippen molar-refractivity contribution in [3.63, 3.8) is 0 Å². The second kappa shape index (κ2) is 17.6. The van der Waals surface area contributed by atoms with Crippen molar-refractivity contribution in [1.29, 1.82) is 0 Å². The third-order valence-electron chi connectivity index (χ3n) is 8.96. The Labute approximate surface area is 325 Å². The molecule has 7 rings (SSSR count). The fourth-order valence-electron chi connectivity index (χ4n) is 6.22. The number of tetrazole rings is 1. The first-order valence-electron chi connectivity index (χ1n) is 17.2. The lowest BCUT2D eigenvalue weighted by Gasteiger charge is -2.43.